The highest BCUT2D eigenvalue weighted by atomic mass is 32.2. The summed E-state index contributed by atoms with van der Waals surface area (Å²) in [5, 5.41) is 2.85. The second-order valence-electron chi connectivity index (χ2n) is 6.79. The van der Waals surface area contributed by atoms with E-state index in [1.54, 1.807) is 0 Å². The maximum atomic E-state index is 12.3. The molecule has 0 heterocycles. The molecule has 6 heteroatoms. The fourth-order valence-electron chi connectivity index (χ4n) is 2.29. The molecule has 0 aliphatic carbocycles. The lowest BCUT2D eigenvalue weighted by molar-refractivity contribution is -0.116. The Balaban J connectivity index is 2.88. The minimum atomic E-state index is -3.39. The van der Waals surface area contributed by atoms with Gasteiger partial charge in [0.05, 0.1) is 12.8 Å². The van der Waals surface area contributed by atoms with E-state index in [9.17, 15) is 13.2 Å². The lowest BCUT2D eigenvalue weighted by Gasteiger charge is -2.24. The molecular formula is C17H28N2O3S. The summed E-state index contributed by atoms with van der Waals surface area (Å²) < 4.78 is 24.8. The average Bonchev–Trinajstić information content (AvgIpc) is 2.41. The zero-order chi connectivity index (χ0) is 17.7. The van der Waals surface area contributed by atoms with Crippen molar-refractivity contribution in [2.45, 2.75) is 46.0 Å². The highest BCUT2D eigenvalue weighted by Crippen LogP contribution is 2.29. The molecule has 0 aliphatic rings. The van der Waals surface area contributed by atoms with Crippen molar-refractivity contribution >= 4 is 21.6 Å². The van der Waals surface area contributed by atoms with Crippen molar-refractivity contribution in [3.8, 4) is 0 Å². The Labute approximate surface area is 140 Å². The predicted molar refractivity (Wildman–Crippen MR) is 95.1 cm³/mol. The topological polar surface area (TPSA) is 66.5 Å². The summed E-state index contributed by atoms with van der Waals surface area (Å²) in [6.07, 6.45) is 2.75. The number of amides is 1. The minimum absolute atomic E-state index is 0.109. The van der Waals surface area contributed by atoms with Crippen LogP contribution in [0, 0.1) is 0 Å². The van der Waals surface area contributed by atoms with E-state index in [1.165, 1.54) is 4.31 Å². The number of carbonyl (C=O) groups is 1. The molecule has 1 aromatic rings. The summed E-state index contributed by atoms with van der Waals surface area (Å²) in [7, 11) is -3.39. The summed E-state index contributed by atoms with van der Waals surface area (Å²) in [6, 6.07) is 7.60. The molecule has 0 aromatic heterocycles. The molecule has 0 aliphatic heterocycles. The normalized spacial score (nSPS) is 12.4. The predicted octanol–water partition coefficient (Wildman–Crippen LogP) is 2.98. The lowest BCUT2D eigenvalue weighted by Crippen LogP contribution is -2.38. The van der Waals surface area contributed by atoms with Gasteiger partial charge in [-0.3, -0.25) is 4.79 Å². The summed E-state index contributed by atoms with van der Waals surface area (Å²) in [6.45, 7) is 8.41. The number of sulfonamides is 1. The zero-order valence-corrected chi connectivity index (χ0v) is 15.5. The van der Waals surface area contributed by atoms with Gasteiger partial charge >= 0.3 is 0 Å². The van der Waals surface area contributed by atoms with Crippen LogP contribution < -0.4 is 5.32 Å². The fraction of sp³-hybridized carbons (Fsp3) is 0.588. The quantitative estimate of drug-likeness (QED) is 0.830. The standard InChI is InChI=1S/C17H28N2O3S/c1-6-7-12-19(23(5,21)22)13-16(20)18-15-11-9-8-10-14(15)17(2,3)4/h8-11H,6-7,12-13H2,1-5H3,(H,18,20). The fourth-order valence-corrected chi connectivity index (χ4v) is 3.11. The summed E-state index contributed by atoms with van der Waals surface area (Å²) >= 11 is 0. The number of rotatable bonds is 7. The number of unbranched alkanes of at least 4 members (excludes halogenated alkanes) is 1. The van der Waals surface area contributed by atoms with Crippen LogP contribution in [0.2, 0.25) is 0 Å². The molecule has 1 amide bonds. The van der Waals surface area contributed by atoms with Gasteiger partial charge in [0.2, 0.25) is 15.9 Å². The first-order chi connectivity index (χ1) is 10.6. The van der Waals surface area contributed by atoms with Crippen LogP contribution in [0.1, 0.15) is 46.1 Å². The van der Waals surface area contributed by atoms with Gasteiger partial charge in [0.1, 0.15) is 0 Å². The van der Waals surface area contributed by atoms with Crippen LogP contribution in [-0.4, -0.2) is 38.0 Å². The van der Waals surface area contributed by atoms with Gasteiger partial charge < -0.3 is 5.32 Å². The van der Waals surface area contributed by atoms with E-state index in [1.807, 2.05) is 31.2 Å². The van der Waals surface area contributed by atoms with Gasteiger partial charge in [0, 0.05) is 12.2 Å². The Morgan fingerprint density at radius 2 is 1.83 bits per heavy atom. The molecule has 1 aromatic carbocycles. The molecule has 0 saturated heterocycles. The van der Waals surface area contributed by atoms with Gasteiger partial charge in [-0.15, -0.1) is 0 Å². The lowest BCUT2D eigenvalue weighted by atomic mass is 9.86. The molecule has 0 fully saturated rings. The molecular weight excluding hydrogens is 312 g/mol. The maximum absolute atomic E-state index is 12.3. The van der Waals surface area contributed by atoms with Crippen molar-refractivity contribution < 1.29 is 13.2 Å². The van der Waals surface area contributed by atoms with Gasteiger partial charge in [0.25, 0.3) is 0 Å². The highest BCUT2D eigenvalue weighted by Gasteiger charge is 2.22. The number of benzene rings is 1. The number of hydrogen-bond donors (Lipinski definition) is 1. The van der Waals surface area contributed by atoms with E-state index in [0.29, 0.717) is 6.54 Å². The van der Waals surface area contributed by atoms with Crippen LogP contribution in [0.5, 0.6) is 0 Å². The SMILES string of the molecule is CCCCN(CC(=O)Nc1ccccc1C(C)(C)C)S(C)(=O)=O. The Morgan fingerprint density at radius 3 is 2.35 bits per heavy atom. The van der Waals surface area contributed by atoms with Crippen LogP contribution >= 0.6 is 0 Å². The van der Waals surface area contributed by atoms with Gasteiger partial charge in [-0.25, -0.2) is 8.42 Å². The summed E-state index contributed by atoms with van der Waals surface area (Å²) in [5.41, 5.74) is 1.64. The molecule has 130 valence electrons. The second-order valence-corrected chi connectivity index (χ2v) is 8.78. The molecule has 0 atom stereocenters. The summed E-state index contributed by atoms with van der Waals surface area (Å²) in [4.78, 5) is 12.3. The van der Waals surface area contributed by atoms with E-state index in [0.717, 1.165) is 30.3 Å². The third-order valence-electron chi connectivity index (χ3n) is 3.56. The van der Waals surface area contributed by atoms with Gasteiger partial charge in [0.15, 0.2) is 0 Å². The third kappa shape index (κ3) is 6.31. The number of nitrogens with one attached hydrogen (secondary N) is 1. The monoisotopic (exact) mass is 340 g/mol. The highest BCUT2D eigenvalue weighted by molar-refractivity contribution is 7.88. The third-order valence-corrected chi connectivity index (χ3v) is 4.81. The molecule has 23 heavy (non-hydrogen) atoms. The van der Waals surface area contributed by atoms with Crippen LogP contribution in [-0.2, 0) is 20.2 Å². The number of anilines is 1. The van der Waals surface area contributed by atoms with Crippen molar-refractivity contribution in [3.05, 3.63) is 29.8 Å². The van der Waals surface area contributed by atoms with E-state index in [-0.39, 0.29) is 17.9 Å². The number of nitrogens with zero attached hydrogens (tertiary/aromatic N) is 1. The molecule has 0 unspecified atom stereocenters. The van der Waals surface area contributed by atoms with Crippen molar-refractivity contribution in [1.82, 2.24) is 4.31 Å². The molecule has 0 bridgehead atoms. The Bertz CT molecular complexity index is 633. The number of carbonyl (C=O) groups excluding carboxylic acids is 1. The average molecular weight is 340 g/mol. The Morgan fingerprint density at radius 1 is 1.22 bits per heavy atom. The molecule has 5 nitrogen and oxygen atoms in total. The van der Waals surface area contributed by atoms with Crippen LogP contribution in [0.4, 0.5) is 5.69 Å². The molecule has 1 N–H and O–H groups in total. The number of para-hydroxylation sites is 1. The van der Waals surface area contributed by atoms with E-state index in [2.05, 4.69) is 26.1 Å². The van der Waals surface area contributed by atoms with Crippen molar-refractivity contribution in [2.24, 2.45) is 0 Å². The molecule has 1 rings (SSSR count). The first-order valence-electron chi connectivity index (χ1n) is 7.90. The van der Waals surface area contributed by atoms with Crippen LogP contribution in [0.3, 0.4) is 0 Å². The van der Waals surface area contributed by atoms with Gasteiger partial charge in [-0.2, -0.15) is 4.31 Å². The minimum Gasteiger partial charge on any atom is -0.325 e. The Kier molecular flexibility index (Phi) is 6.77. The van der Waals surface area contributed by atoms with Crippen molar-refractivity contribution in [2.75, 3.05) is 24.7 Å². The second kappa shape index (κ2) is 7.93. The van der Waals surface area contributed by atoms with E-state index >= 15 is 0 Å². The first kappa shape index (κ1) is 19.6. The molecule has 0 saturated carbocycles. The first-order valence-corrected chi connectivity index (χ1v) is 9.75. The number of hydrogen-bond acceptors (Lipinski definition) is 3. The van der Waals surface area contributed by atoms with Gasteiger partial charge in [-0.05, 0) is 23.5 Å². The van der Waals surface area contributed by atoms with Crippen LogP contribution in [0.15, 0.2) is 24.3 Å². The largest absolute Gasteiger partial charge is 0.325 e. The maximum Gasteiger partial charge on any atom is 0.239 e. The smallest absolute Gasteiger partial charge is 0.239 e. The zero-order valence-electron chi connectivity index (χ0n) is 14.7. The van der Waals surface area contributed by atoms with Crippen LogP contribution in [0.25, 0.3) is 0 Å². The Hall–Kier alpha value is -1.40. The summed E-state index contributed by atoms with van der Waals surface area (Å²) in [5.74, 6) is -0.316. The van der Waals surface area contributed by atoms with Crippen molar-refractivity contribution in [1.29, 1.82) is 0 Å². The molecule has 0 radical (unpaired) electrons. The molecule has 0 spiro atoms. The van der Waals surface area contributed by atoms with E-state index < -0.39 is 10.0 Å². The van der Waals surface area contributed by atoms with Gasteiger partial charge in [-0.1, -0.05) is 52.3 Å². The van der Waals surface area contributed by atoms with Crippen molar-refractivity contribution in [3.63, 3.8) is 0 Å². The van der Waals surface area contributed by atoms with E-state index in [4.69, 9.17) is 0 Å².